The van der Waals surface area contributed by atoms with Crippen LogP contribution in [0.4, 0.5) is 4.39 Å². The van der Waals surface area contributed by atoms with E-state index in [4.69, 9.17) is 4.74 Å². The molecule has 0 saturated heterocycles. The number of carbonyl (C=O) groups is 1. The van der Waals surface area contributed by atoms with Crippen molar-refractivity contribution in [3.8, 4) is 5.75 Å². The van der Waals surface area contributed by atoms with E-state index in [0.29, 0.717) is 10.2 Å². The first-order valence-corrected chi connectivity index (χ1v) is 6.19. The molecule has 94 valence electrons. The maximum Gasteiger partial charge on any atom is 0.258 e. The number of carbonyl (C=O) groups excluding carboxylic acids is 1. The van der Waals surface area contributed by atoms with E-state index in [1.165, 1.54) is 18.2 Å². The van der Waals surface area contributed by atoms with Crippen molar-refractivity contribution in [1.82, 2.24) is 5.32 Å². The third-order valence-corrected chi connectivity index (χ3v) is 2.89. The molecule has 0 aromatic heterocycles. The van der Waals surface area contributed by atoms with Gasteiger partial charge in [0.2, 0.25) is 0 Å². The number of benzene rings is 1. The van der Waals surface area contributed by atoms with Gasteiger partial charge in [-0.2, -0.15) is 0 Å². The largest absolute Gasteiger partial charge is 0.483 e. The van der Waals surface area contributed by atoms with Crippen molar-refractivity contribution < 1.29 is 13.9 Å². The lowest BCUT2D eigenvalue weighted by Gasteiger charge is -2.12. The van der Waals surface area contributed by atoms with Crippen LogP contribution in [-0.4, -0.2) is 18.6 Å². The molecule has 0 aliphatic heterocycles. The molecule has 3 nitrogen and oxygen atoms in total. The maximum absolute atomic E-state index is 12.8. The summed E-state index contributed by atoms with van der Waals surface area (Å²) in [6.45, 7) is 3.84. The molecule has 0 heterocycles. The summed E-state index contributed by atoms with van der Waals surface area (Å²) in [5.41, 5.74) is 0. The Balaban J connectivity index is 2.47. The Bertz CT molecular complexity index is 398. The van der Waals surface area contributed by atoms with Crippen LogP contribution < -0.4 is 10.1 Å². The Morgan fingerprint density at radius 1 is 1.59 bits per heavy atom. The van der Waals surface area contributed by atoms with Crippen molar-refractivity contribution in [2.24, 2.45) is 0 Å². The average molecular weight is 304 g/mol. The van der Waals surface area contributed by atoms with Crippen LogP contribution in [0.5, 0.6) is 5.75 Å². The van der Waals surface area contributed by atoms with E-state index in [1.54, 1.807) is 0 Å². The summed E-state index contributed by atoms with van der Waals surface area (Å²) in [6, 6.07) is 4.19. The van der Waals surface area contributed by atoms with E-state index in [-0.39, 0.29) is 24.4 Å². The molecule has 0 unspecified atom stereocenters. The van der Waals surface area contributed by atoms with Gasteiger partial charge in [-0.05, 0) is 47.5 Å². The van der Waals surface area contributed by atoms with Gasteiger partial charge in [-0.25, -0.2) is 4.39 Å². The highest BCUT2D eigenvalue weighted by Crippen LogP contribution is 2.25. The minimum atomic E-state index is -0.353. The zero-order chi connectivity index (χ0) is 12.8. The SMILES string of the molecule is CC[C@H](C)NC(=O)COc1ccc(F)cc1Br. The van der Waals surface area contributed by atoms with Crippen LogP contribution in [0.25, 0.3) is 0 Å². The number of hydrogen-bond acceptors (Lipinski definition) is 2. The topological polar surface area (TPSA) is 38.3 Å². The molecule has 1 rings (SSSR count). The van der Waals surface area contributed by atoms with Gasteiger partial charge in [0, 0.05) is 6.04 Å². The predicted octanol–water partition coefficient (Wildman–Crippen LogP) is 2.88. The molecule has 0 fully saturated rings. The molecule has 0 aliphatic rings. The molecule has 1 aromatic rings. The summed E-state index contributed by atoms with van der Waals surface area (Å²) < 4.78 is 18.6. The van der Waals surface area contributed by atoms with Crippen LogP contribution in [0.15, 0.2) is 22.7 Å². The lowest BCUT2D eigenvalue weighted by Crippen LogP contribution is -2.35. The lowest BCUT2D eigenvalue weighted by molar-refractivity contribution is -0.123. The molecule has 1 amide bonds. The highest BCUT2D eigenvalue weighted by Gasteiger charge is 2.08. The van der Waals surface area contributed by atoms with Crippen LogP contribution in [0, 0.1) is 5.82 Å². The first-order valence-electron chi connectivity index (χ1n) is 5.40. The normalized spacial score (nSPS) is 12.0. The van der Waals surface area contributed by atoms with Crippen molar-refractivity contribution in [1.29, 1.82) is 0 Å². The van der Waals surface area contributed by atoms with Crippen molar-refractivity contribution in [2.45, 2.75) is 26.3 Å². The smallest absolute Gasteiger partial charge is 0.258 e. The number of halogens is 2. The van der Waals surface area contributed by atoms with Crippen molar-refractivity contribution in [2.75, 3.05) is 6.61 Å². The highest BCUT2D eigenvalue weighted by atomic mass is 79.9. The summed E-state index contributed by atoms with van der Waals surface area (Å²) in [6.07, 6.45) is 0.867. The van der Waals surface area contributed by atoms with Crippen LogP contribution in [0.1, 0.15) is 20.3 Å². The van der Waals surface area contributed by atoms with Gasteiger partial charge in [0.15, 0.2) is 6.61 Å². The van der Waals surface area contributed by atoms with E-state index >= 15 is 0 Å². The quantitative estimate of drug-likeness (QED) is 0.908. The Morgan fingerprint density at radius 2 is 2.29 bits per heavy atom. The molecule has 1 aromatic carbocycles. The molecule has 17 heavy (non-hydrogen) atoms. The van der Waals surface area contributed by atoms with Gasteiger partial charge >= 0.3 is 0 Å². The van der Waals surface area contributed by atoms with Gasteiger partial charge in [0.1, 0.15) is 11.6 Å². The van der Waals surface area contributed by atoms with Crippen molar-refractivity contribution in [3.05, 3.63) is 28.5 Å². The summed E-state index contributed by atoms with van der Waals surface area (Å²) in [5.74, 6) is -0.0884. The van der Waals surface area contributed by atoms with E-state index in [9.17, 15) is 9.18 Å². The Labute approximate surface area is 108 Å². The second-order valence-electron chi connectivity index (χ2n) is 3.74. The highest BCUT2D eigenvalue weighted by molar-refractivity contribution is 9.10. The molecule has 1 N–H and O–H groups in total. The predicted molar refractivity (Wildman–Crippen MR) is 67.5 cm³/mol. The molecule has 0 bridgehead atoms. The van der Waals surface area contributed by atoms with Gasteiger partial charge in [-0.15, -0.1) is 0 Å². The maximum atomic E-state index is 12.8. The molecular formula is C12H15BrFNO2. The number of rotatable bonds is 5. The van der Waals surface area contributed by atoms with Crippen molar-refractivity contribution >= 4 is 21.8 Å². The van der Waals surface area contributed by atoms with Crippen LogP contribution >= 0.6 is 15.9 Å². The molecule has 0 radical (unpaired) electrons. The lowest BCUT2D eigenvalue weighted by atomic mass is 10.2. The van der Waals surface area contributed by atoms with E-state index < -0.39 is 0 Å². The summed E-state index contributed by atoms with van der Waals surface area (Å²) in [7, 11) is 0. The summed E-state index contributed by atoms with van der Waals surface area (Å²) >= 11 is 3.17. The third kappa shape index (κ3) is 4.73. The number of ether oxygens (including phenoxy) is 1. The molecule has 1 atom stereocenters. The molecule has 0 saturated carbocycles. The van der Waals surface area contributed by atoms with Crippen molar-refractivity contribution in [3.63, 3.8) is 0 Å². The molecule has 5 heteroatoms. The first-order chi connectivity index (χ1) is 8.02. The van der Waals surface area contributed by atoms with E-state index in [1.807, 2.05) is 13.8 Å². The minimum Gasteiger partial charge on any atom is -0.483 e. The van der Waals surface area contributed by atoms with Gasteiger partial charge < -0.3 is 10.1 Å². The number of nitrogens with one attached hydrogen (secondary N) is 1. The molecular weight excluding hydrogens is 289 g/mol. The van der Waals surface area contributed by atoms with Gasteiger partial charge in [0.05, 0.1) is 4.47 Å². The fourth-order valence-electron chi connectivity index (χ4n) is 1.15. The van der Waals surface area contributed by atoms with E-state index in [2.05, 4.69) is 21.2 Å². The molecule has 0 spiro atoms. The van der Waals surface area contributed by atoms with Crippen LogP contribution in [0.3, 0.4) is 0 Å². The number of amides is 1. The molecule has 0 aliphatic carbocycles. The number of hydrogen-bond donors (Lipinski definition) is 1. The Hall–Kier alpha value is -1.10. The average Bonchev–Trinajstić information content (AvgIpc) is 2.27. The van der Waals surface area contributed by atoms with Crippen LogP contribution in [0.2, 0.25) is 0 Å². The fraction of sp³-hybridized carbons (Fsp3) is 0.417. The van der Waals surface area contributed by atoms with Gasteiger partial charge in [-0.3, -0.25) is 4.79 Å². The second-order valence-corrected chi connectivity index (χ2v) is 4.59. The zero-order valence-electron chi connectivity index (χ0n) is 9.80. The summed E-state index contributed by atoms with van der Waals surface area (Å²) in [5, 5.41) is 2.78. The summed E-state index contributed by atoms with van der Waals surface area (Å²) in [4.78, 5) is 11.4. The third-order valence-electron chi connectivity index (χ3n) is 2.27. The zero-order valence-corrected chi connectivity index (χ0v) is 11.4. The fourth-order valence-corrected chi connectivity index (χ4v) is 1.62. The minimum absolute atomic E-state index is 0.0748. The van der Waals surface area contributed by atoms with E-state index in [0.717, 1.165) is 6.42 Å². The second kappa shape index (κ2) is 6.59. The van der Waals surface area contributed by atoms with Gasteiger partial charge in [0.25, 0.3) is 5.91 Å². The monoisotopic (exact) mass is 303 g/mol. The Kier molecular flexibility index (Phi) is 5.41. The first kappa shape index (κ1) is 14.0. The Morgan fingerprint density at radius 3 is 2.88 bits per heavy atom. The van der Waals surface area contributed by atoms with Crippen LogP contribution in [-0.2, 0) is 4.79 Å². The standard InChI is InChI=1S/C12H15BrFNO2/c1-3-8(2)15-12(16)7-17-11-5-4-9(14)6-10(11)13/h4-6,8H,3,7H2,1-2H3,(H,15,16)/t8-/m0/s1. The van der Waals surface area contributed by atoms with Gasteiger partial charge in [-0.1, -0.05) is 6.92 Å².